The fraction of sp³-hybridized carbons (Fsp3) is 0.400. The van der Waals surface area contributed by atoms with Gasteiger partial charge in [-0.15, -0.1) is 24.9 Å². The van der Waals surface area contributed by atoms with E-state index in [0.29, 0.717) is 23.0 Å². The van der Waals surface area contributed by atoms with E-state index >= 15 is 0 Å². The van der Waals surface area contributed by atoms with E-state index in [2.05, 4.69) is 20.2 Å². The van der Waals surface area contributed by atoms with Crippen molar-refractivity contribution in [2.24, 2.45) is 0 Å². The van der Waals surface area contributed by atoms with Gasteiger partial charge >= 0.3 is 6.36 Å². The Bertz CT molecular complexity index is 704. The third-order valence-corrected chi connectivity index (χ3v) is 3.95. The summed E-state index contributed by atoms with van der Waals surface area (Å²) in [5.74, 6) is 1.12. The van der Waals surface area contributed by atoms with Crippen LogP contribution >= 0.6 is 11.8 Å². The van der Waals surface area contributed by atoms with Crippen molar-refractivity contribution in [2.45, 2.75) is 32.0 Å². The molecule has 0 aliphatic carbocycles. The van der Waals surface area contributed by atoms with E-state index in [1.54, 1.807) is 13.8 Å². The summed E-state index contributed by atoms with van der Waals surface area (Å²) in [5.41, 5.74) is 0.668. The van der Waals surface area contributed by atoms with Crippen LogP contribution in [-0.2, 0) is 10.5 Å². The molecule has 1 aromatic heterocycles. The lowest BCUT2D eigenvalue weighted by Gasteiger charge is -2.15. The van der Waals surface area contributed by atoms with Gasteiger partial charge in [0.15, 0.2) is 5.82 Å². The van der Waals surface area contributed by atoms with Crippen LogP contribution in [0, 0.1) is 6.92 Å². The maximum atomic E-state index is 12.1. The number of halogens is 3. The van der Waals surface area contributed by atoms with Crippen molar-refractivity contribution >= 4 is 17.7 Å². The van der Waals surface area contributed by atoms with E-state index in [1.165, 1.54) is 36.0 Å². The monoisotopic (exact) mass is 375 g/mol. The van der Waals surface area contributed by atoms with Crippen LogP contribution in [0.15, 0.2) is 28.8 Å². The number of alkyl halides is 3. The summed E-state index contributed by atoms with van der Waals surface area (Å²) < 4.78 is 45.0. The van der Waals surface area contributed by atoms with Crippen LogP contribution in [0.25, 0.3) is 0 Å². The molecule has 1 N–H and O–H groups in total. The number of thioether (sulfide) groups is 1. The van der Waals surface area contributed by atoms with Crippen molar-refractivity contribution in [3.63, 3.8) is 0 Å². The number of aromatic nitrogens is 2. The molecular formula is C15H16F3N3O3S. The average molecular weight is 375 g/mol. The summed E-state index contributed by atoms with van der Waals surface area (Å²) in [4.78, 5) is 15.9. The van der Waals surface area contributed by atoms with Crippen molar-refractivity contribution in [1.29, 1.82) is 0 Å². The van der Waals surface area contributed by atoms with E-state index in [0.717, 1.165) is 0 Å². The van der Waals surface area contributed by atoms with Crippen LogP contribution in [0.1, 0.15) is 30.2 Å². The van der Waals surface area contributed by atoms with Gasteiger partial charge in [-0.05, 0) is 24.6 Å². The maximum absolute atomic E-state index is 12.1. The SMILES string of the molecule is Cc1nc(CSCC(=O)NC(C)c2ccc(OC(F)(F)F)cc2)no1. The van der Waals surface area contributed by atoms with Crippen LogP contribution in [0.5, 0.6) is 5.75 Å². The lowest BCUT2D eigenvalue weighted by molar-refractivity contribution is -0.274. The normalized spacial score (nSPS) is 12.7. The number of nitrogens with zero attached hydrogens (tertiary/aromatic N) is 2. The van der Waals surface area contributed by atoms with Crippen molar-refractivity contribution in [2.75, 3.05) is 5.75 Å². The molecule has 0 aliphatic rings. The Balaban J connectivity index is 1.78. The minimum atomic E-state index is -4.73. The number of hydrogen-bond donors (Lipinski definition) is 1. The van der Waals surface area contributed by atoms with Gasteiger partial charge in [0.1, 0.15) is 5.75 Å². The molecule has 1 heterocycles. The fourth-order valence-corrected chi connectivity index (χ4v) is 2.63. The Kier molecular flexibility index (Phi) is 6.29. The average Bonchev–Trinajstić information content (AvgIpc) is 2.91. The predicted octanol–water partition coefficient (Wildman–Crippen LogP) is 3.39. The van der Waals surface area contributed by atoms with Gasteiger partial charge in [0.05, 0.1) is 17.5 Å². The van der Waals surface area contributed by atoms with Gasteiger partial charge in [0.2, 0.25) is 11.8 Å². The summed E-state index contributed by atoms with van der Waals surface area (Å²) in [7, 11) is 0. The van der Waals surface area contributed by atoms with Crippen LogP contribution in [0.2, 0.25) is 0 Å². The predicted molar refractivity (Wildman–Crippen MR) is 84.9 cm³/mol. The molecule has 1 atom stereocenters. The highest BCUT2D eigenvalue weighted by atomic mass is 32.2. The smallest absolute Gasteiger partial charge is 0.406 e. The highest BCUT2D eigenvalue weighted by Gasteiger charge is 2.31. The molecule has 0 aliphatic heterocycles. The first-order valence-electron chi connectivity index (χ1n) is 7.25. The number of amides is 1. The standard InChI is InChI=1S/C15H16F3N3O3S/c1-9(11-3-5-12(6-4-11)23-15(16,17)18)19-14(22)8-25-7-13-20-10(2)24-21-13/h3-6,9H,7-8H2,1-2H3,(H,19,22). The first-order valence-corrected chi connectivity index (χ1v) is 8.40. The molecule has 0 saturated carbocycles. The fourth-order valence-electron chi connectivity index (χ4n) is 1.96. The van der Waals surface area contributed by atoms with E-state index in [1.807, 2.05) is 0 Å². The Hall–Kier alpha value is -2.23. The Morgan fingerprint density at radius 2 is 2.04 bits per heavy atom. The van der Waals surface area contributed by atoms with E-state index in [9.17, 15) is 18.0 Å². The van der Waals surface area contributed by atoms with Crippen LogP contribution in [0.3, 0.4) is 0 Å². The number of rotatable bonds is 7. The minimum absolute atomic E-state index is 0.201. The molecule has 25 heavy (non-hydrogen) atoms. The van der Waals surface area contributed by atoms with Crippen molar-refractivity contribution in [3.8, 4) is 5.75 Å². The maximum Gasteiger partial charge on any atom is 0.573 e. The zero-order valence-corrected chi connectivity index (χ0v) is 14.3. The minimum Gasteiger partial charge on any atom is -0.406 e. The number of ether oxygens (including phenoxy) is 1. The second-order valence-corrected chi connectivity index (χ2v) is 6.11. The Labute approximate surface area is 146 Å². The molecule has 0 fully saturated rings. The summed E-state index contributed by atoms with van der Waals surface area (Å²) >= 11 is 1.33. The van der Waals surface area contributed by atoms with Gasteiger partial charge in [-0.3, -0.25) is 4.79 Å². The van der Waals surface area contributed by atoms with Crippen LogP contribution in [0.4, 0.5) is 13.2 Å². The molecule has 0 saturated heterocycles. The Morgan fingerprint density at radius 3 is 2.60 bits per heavy atom. The zero-order chi connectivity index (χ0) is 18.4. The second-order valence-electron chi connectivity index (χ2n) is 5.13. The molecular weight excluding hydrogens is 359 g/mol. The molecule has 0 spiro atoms. The highest BCUT2D eigenvalue weighted by molar-refractivity contribution is 7.99. The van der Waals surface area contributed by atoms with Gasteiger partial charge in [0, 0.05) is 6.92 Å². The third kappa shape index (κ3) is 6.65. The quantitative estimate of drug-likeness (QED) is 0.799. The van der Waals surface area contributed by atoms with Crippen molar-refractivity contribution < 1.29 is 27.2 Å². The Morgan fingerprint density at radius 1 is 1.36 bits per heavy atom. The molecule has 0 radical (unpaired) electrons. The second kappa shape index (κ2) is 8.24. The molecule has 136 valence electrons. The molecule has 0 bridgehead atoms. The molecule has 1 unspecified atom stereocenters. The number of hydrogen-bond acceptors (Lipinski definition) is 6. The van der Waals surface area contributed by atoms with E-state index in [-0.39, 0.29) is 23.5 Å². The first-order chi connectivity index (χ1) is 11.7. The summed E-state index contributed by atoms with van der Waals surface area (Å²) in [6.45, 7) is 3.42. The number of aryl methyl sites for hydroxylation is 1. The zero-order valence-electron chi connectivity index (χ0n) is 13.5. The van der Waals surface area contributed by atoms with Gasteiger partial charge in [0.25, 0.3) is 0 Å². The van der Waals surface area contributed by atoms with Crippen molar-refractivity contribution in [3.05, 3.63) is 41.5 Å². The van der Waals surface area contributed by atoms with E-state index in [4.69, 9.17) is 4.52 Å². The van der Waals surface area contributed by atoms with Gasteiger partial charge in [-0.2, -0.15) is 4.98 Å². The summed E-state index contributed by atoms with van der Waals surface area (Å²) in [5, 5.41) is 6.49. The molecule has 10 heteroatoms. The van der Waals surface area contributed by atoms with Crippen molar-refractivity contribution in [1.82, 2.24) is 15.5 Å². The van der Waals surface area contributed by atoms with Crippen LogP contribution < -0.4 is 10.1 Å². The number of nitrogens with one attached hydrogen (secondary N) is 1. The van der Waals surface area contributed by atoms with Gasteiger partial charge in [-0.25, -0.2) is 0 Å². The largest absolute Gasteiger partial charge is 0.573 e. The first kappa shape index (κ1) is 19.1. The lowest BCUT2D eigenvalue weighted by Crippen LogP contribution is -2.28. The topological polar surface area (TPSA) is 77.2 Å². The highest BCUT2D eigenvalue weighted by Crippen LogP contribution is 2.24. The third-order valence-electron chi connectivity index (χ3n) is 3.03. The van der Waals surface area contributed by atoms with E-state index < -0.39 is 6.36 Å². The molecule has 2 aromatic rings. The summed E-state index contributed by atoms with van der Waals surface area (Å²) in [6, 6.07) is 5.01. The molecule has 6 nitrogen and oxygen atoms in total. The number of carbonyl (C=O) groups is 1. The number of carbonyl (C=O) groups excluding carboxylic acids is 1. The van der Waals surface area contributed by atoms with Crippen LogP contribution in [-0.4, -0.2) is 28.2 Å². The number of benzene rings is 1. The molecule has 1 aromatic carbocycles. The lowest BCUT2D eigenvalue weighted by atomic mass is 10.1. The molecule has 2 rings (SSSR count). The summed E-state index contributed by atoms with van der Waals surface area (Å²) in [6.07, 6.45) is -4.73. The molecule has 1 amide bonds. The van der Waals surface area contributed by atoms with Gasteiger partial charge in [-0.1, -0.05) is 17.3 Å². The van der Waals surface area contributed by atoms with Gasteiger partial charge < -0.3 is 14.6 Å².